The monoisotopic (exact) mass is 369 g/mol. The third-order valence-corrected chi connectivity index (χ3v) is 3.99. The van der Waals surface area contributed by atoms with Crippen molar-refractivity contribution >= 4 is 58.2 Å². The first-order chi connectivity index (χ1) is 10.9. The van der Waals surface area contributed by atoms with E-state index in [2.05, 4.69) is 5.32 Å². The zero-order valence-corrected chi connectivity index (χ0v) is 14.4. The van der Waals surface area contributed by atoms with Gasteiger partial charge in [-0.15, -0.1) is 11.3 Å². The number of esters is 1. The number of ether oxygens (including phenoxy) is 1. The molecule has 0 fully saturated rings. The number of carbonyl (C=O) groups is 2. The number of nitrogens with one attached hydrogen (secondary N) is 1. The van der Waals surface area contributed by atoms with Gasteiger partial charge < -0.3 is 10.1 Å². The Morgan fingerprint density at radius 1 is 1.26 bits per heavy atom. The molecular weight excluding hydrogens is 357 g/mol. The summed E-state index contributed by atoms with van der Waals surface area (Å²) in [6, 6.07) is 8.40. The molecule has 2 aromatic rings. The van der Waals surface area contributed by atoms with Gasteiger partial charge in [0.25, 0.3) is 5.91 Å². The quantitative estimate of drug-likeness (QED) is 0.616. The second kappa shape index (κ2) is 8.15. The minimum atomic E-state index is -0.951. The molecule has 0 aliphatic rings. The van der Waals surface area contributed by atoms with Crippen LogP contribution >= 0.6 is 34.5 Å². The predicted octanol–water partition coefficient (Wildman–Crippen LogP) is 4.64. The van der Waals surface area contributed by atoms with Gasteiger partial charge in [0.1, 0.15) is 0 Å². The van der Waals surface area contributed by atoms with Crippen LogP contribution in [0, 0.1) is 0 Å². The lowest BCUT2D eigenvalue weighted by Gasteiger charge is -2.12. The molecule has 2 rings (SSSR count). The van der Waals surface area contributed by atoms with Crippen LogP contribution in [0.5, 0.6) is 0 Å². The molecule has 0 aliphatic carbocycles. The fourth-order valence-corrected chi connectivity index (χ4v) is 2.82. The SMILES string of the molecule is CC(OC(=O)/C=C/c1cccs1)C(=O)Nc1cc(Cl)cc(Cl)c1. The maximum Gasteiger partial charge on any atom is 0.331 e. The highest BCUT2D eigenvalue weighted by molar-refractivity contribution is 7.10. The summed E-state index contributed by atoms with van der Waals surface area (Å²) in [5.74, 6) is -1.06. The first kappa shape index (κ1) is 17.5. The van der Waals surface area contributed by atoms with E-state index in [1.54, 1.807) is 24.3 Å². The molecule has 1 aromatic heterocycles. The minimum Gasteiger partial charge on any atom is -0.449 e. The van der Waals surface area contributed by atoms with Crippen LogP contribution in [0.25, 0.3) is 6.08 Å². The lowest BCUT2D eigenvalue weighted by atomic mass is 10.3. The van der Waals surface area contributed by atoms with Gasteiger partial charge in [-0.1, -0.05) is 29.3 Å². The molecule has 1 amide bonds. The second-order valence-corrected chi connectivity index (χ2v) is 6.43. The van der Waals surface area contributed by atoms with Gasteiger partial charge in [-0.25, -0.2) is 4.79 Å². The summed E-state index contributed by atoms with van der Waals surface area (Å²) in [5.41, 5.74) is 0.435. The van der Waals surface area contributed by atoms with Crippen LogP contribution in [0.2, 0.25) is 10.0 Å². The largest absolute Gasteiger partial charge is 0.449 e. The van der Waals surface area contributed by atoms with E-state index in [4.69, 9.17) is 27.9 Å². The van der Waals surface area contributed by atoms with Crippen LogP contribution in [-0.4, -0.2) is 18.0 Å². The van der Waals surface area contributed by atoms with Crippen LogP contribution in [0.15, 0.2) is 41.8 Å². The predicted molar refractivity (Wildman–Crippen MR) is 94.0 cm³/mol. The van der Waals surface area contributed by atoms with Gasteiger partial charge >= 0.3 is 5.97 Å². The van der Waals surface area contributed by atoms with Crippen LogP contribution in [0.3, 0.4) is 0 Å². The number of carbonyl (C=O) groups excluding carboxylic acids is 2. The number of hydrogen-bond acceptors (Lipinski definition) is 4. The lowest BCUT2D eigenvalue weighted by molar-refractivity contribution is -0.148. The van der Waals surface area contributed by atoms with E-state index in [1.807, 2.05) is 17.5 Å². The molecule has 0 saturated carbocycles. The van der Waals surface area contributed by atoms with E-state index in [9.17, 15) is 9.59 Å². The van der Waals surface area contributed by atoms with Gasteiger partial charge in [-0.3, -0.25) is 4.79 Å². The Morgan fingerprint density at radius 3 is 2.57 bits per heavy atom. The lowest BCUT2D eigenvalue weighted by Crippen LogP contribution is -2.29. The number of benzene rings is 1. The third kappa shape index (κ3) is 5.71. The number of thiophene rings is 1. The summed E-state index contributed by atoms with van der Waals surface area (Å²) in [4.78, 5) is 24.6. The maximum absolute atomic E-state index is 12.0. The minimum absolute atomic E-state index is 0.399. The topological polar surface area (TPSA) is 55.4 Å². The molecular formula is C16H13Cl2NO3S. The van der Waals surface area contributed by atoms with Crippen molar-refractivity contribution in [3.63, 3.8) is 0 Å². The highest BCUT2D eigenvalue weighted by Crippen LogP contribution is 2.22. The maximum atomic E-state index is 12.0. The van der Waals surface area contributed by atoms with Crippen molar-refractivity contribution in [2.75, 3.05) is 5.32 Å². The average molecular weight is 370 g/mol. The zero-order chi connectivity index (χ0) is 16.8. The molecule has 0 spiro atoms. The van der Waals surface area contributed by atoms with Gasteiger partial charge in [-0.2, -0.15) is 0 Å². The molecule has 0 radical (unpaired) electrons. The van der Waals surface area contributed by atoms with Crippen molar-refractivity contribution in [2.45, 2.75) is 13.0 Å². The summed E-state index contributed by atoms with van der Waals surface area (Å²) >= 11 is 13.2. The van der Waals surface area contributed by atoms with Crippen molar-refractivity contribution in [3.05, 3.63) is 56.7 Å². The highest BCUT2D eigenvalue weighted by atomic mass is 35.5. The number of hydrogen-bond donors (Lipinski definition) is 1. The molecule has 1 heterocycles. The standard InChI is InChI=1S/C16H13Cl2NO3S/c1-10(22-15(20)5-4-14-3-2-6-23-14)16(21)19-13-8-11(17)7-12(18)9-13/h2-10H,1H3,(H,19,21)/b5-4+. The Morgan fingerprint density at radius 2 is 1.96 bits per heavy atom. The van der Waals surface area contributed by atoms with Crippen molar-refractivity contribution in [1.82, 2.24) is 0 Å². The third-order valence-electron chi connectivity index (χ3n) is 2.72. The van der Waals surface area contributed by atoms with E-state index in [0.717, 1.165) is 4.88 Å². The summed E-state index contributed by atoms with van der Waals surface area (Å²) in [7, 11) is 0. The van der Waals surface area contributed by atoms with Gasteiger partial charge in [0.2, 0.25) is 0 Å². The zero-order valence-electron chi connectivity index (χ0n) is 12.1. The molecule has 0 saturated heterocycles. The molecule has 120 valence electrons. The van der Waals surface area contributed by atoms with Crippen LogP contribution in [0.1, 0.15) is 11.8 Å². The second-order valence-electron chi connectivity index (χ2n) is 4.58. The molecule has 0 aliphatic heterocycles. The van der Waals surface area contributed by atoms with Crippen molar-refractivity contribution in [2.24, 2.45) is 0 Å². The number of rotatable bonds is 5. The number of halogens is 2. The van der Waals surface area contributed by atoms with E-state index in [1.165, 1.54) is 24.3 Å². The van der Waals surface area contributed by atoms with Crippen molar-refractivity contribution in [3.8, 4) is 0 Å². The van der Waals surface area contributed by atoms with Gasteiger partial charge in [0.15, 0.2) is 6.10 Å². The first-order valence-electron chi connectivity index (χ1n) is 6.63. The van der Waals surface area contributed by atoms with Crippen molar-refractivity contribution in [1.29, 1.82) is 0 Å². The summed E-state index contributed by atoms with van der Waals surface area (Å²) in [6.07, 6.45) is 1.97. The smallest absolute Gasteiger partial charge is 0.331 e. The van der Waals surface area contributed by atoms with Gasteiger partial charge in [0.05, 0.1) is 0 Å². The summed E-state index contributed by atoms with van der Waals surface area (Å²) in [5, 5.41) is 5.29. The van der Waals surface area contributed by atoms with E-state index in [0.29, 0.717) is 15.7 Å². The Labute approximate surface area is 147 Å². The highest BCUT2D eigenvalue weighted by Gasteiger charge is 2.17. The van der Waals surface area contributed by atoms with Gasteiger partial charge in [0, 0.05) is 26.7 Å². The molecule has 1 aromatic carbocycles. The average Bonchev–Trinajstić information content (AvgIpc) is 2.97. The molecule has 0 bridgehead atoms. The molecule has 7 heteroatoms. The van der Waals surface area contributed by atoms with Gasteiger partial charge in [-0.05, 0) is 42.6 Å². The number of anilines is 1. The molecule has 4 nitrogen and oxygen atoms in total. The van der Waals surface area contributed by atoms with Crippen LogP contribution in [0.4, 0.5) is 5.69 Å². The van der Waals surface area contributed by atoms with Crippen LogP contribution < -0.4 is 5.32 Å². The normalized spacial score (nSPS) is 12.1. The molecule has 1 unspecified atom stereocenters. The number of amides is 1. The van der Waals surface area contributed by atoms with E-state index >= 15 is 0 Å². The Kier molecular flexibility index (Phi) is 6.21. The summed E-state index contributed by atoms with van der Waals surface area (Å²) in [6.45, 7) is 1.48. The van der Waals surface area contributed by atoms with E-state index in [-0.39, 0.29) is 0 Å². The van der Waals surface area contributed by atoms with Crippen molar-refractivity contribution < 1.29 is 14.3 Å². The van der Waals surface area contributed by atoms with Crippen LogP contribution in [-0.2, 0) is 14.3 Å². The Balaban J connectivity index is 1.90. The fourth-order valence-electron chi connectivity index (χ4n) is 1.67. The fraction of sp³-hybridized carbons (Fsp3) is 0.125. The molecule has 1 atom stereocenters. The Hall–Kier alpha value is -1.82. The Bertz CT molecular complexity index is 709. The molecule has 23 heavy (non-hydrogen) atoms. The summed E-state index contributed by atoms with van der Waals surface area (Å²) < 4.78 is 5.04. The van der Waals surface area contributed by atoms with E-state index < -0.39 is 18.0 Å². The molecule has 1 N–H and O–H groups in total. The first-order valence-corrected chi connectivity index (χ1v) is 8.27.